The van der Waals surface area contributed by atoms with Crippen LogP contribution in [-0.4, -0.2) is 51.2 Å². The van der Waals surface area contributed by atoms with Crippen molar-refractivity contribution >= 4 is 17.3 Å². The Labute approximate surface area is 126 Å². The van der Waals surface area contributed by atoms with Crippen molar-refractivity contribution in [3.63, 3.8) is 0 Å². The molecule has 1 heterocycles. The summed E-state index contributed by atoms with van der Waals surface area (Å²) >= 11 is 0. The first-order valence-electron chi connectivity index (χ1n) is 7.43. The molecule has 0 radical (unpaired) electrons. The van der Waals surface area contributed by atoms with Gasteiger partial charge in [0.1, 0.15) is 0 Å². The molecule has 5 heteroatoms. The molecule has 1 unspecified atom stereocenters. The summed E-state index contributed by atoms with van der Waals surface area (Å²) in [4.78, 5) is 16.3. The Morgan fingerprint density at radius 1 is 1.33 bits per heavy atom. The molecule has 1 saturated heterocycles. The van der Waals surface area contributed by atoms with Crippen LogP contribution in [0.1, 0.15) is 29.6 Å². The van der Waals surface area contributed by atoms with E-state index in [9.17, 15) is 4.79 Å². The van der Waals surface area contributed by atoms with E-state index in [4.69, 9.17) is 10.5 Å². The maximum absolute atomic E-state index is 12.7. The number of carbonyl (C=O) groups is 1. The standard InChI is InChI=1S/C16H25N3O2/c1-18(2)15-8-7-12(17)10-14(15)16(20)19(3)11-13-6-4-5-9-21-13/h7-8,10,13H,4-6,9,11,17H2,1-3H3. The van der Waals surface area contributed by atoms with Gasteiger partial charge >= 0.3 is 0 Å². The van der Waals surface area contributed by atoms with Crippen molar-refractivity contribution in [3.05, 3.63) is 23.8 Å². The predicted octanol–water partition coefficient (Wildman–Crippen LogP) is 1.98. The molecule has 1 amide bonds. The first-order chi connectivity index (χ1) is 9.99. The van der Waals surface area contributed by atoms with Crippen LogP contribution in [0.25, 0.3) is 0 Å². The number of ether oxygens (including phenoxy) is 1. The lowest BCUT2D eigenvalue weighted by Gasteiger charge is -2.28. The molecule has 1 aliphatic heterocycles. The average molecular weight is 291 g/mol. The van der Waals surface area contributed by atoms with Crippen LogP contribution >= 0.6 is 0 Å². The maximum atomic E-state index is 12.7. The van der Waals surface area contributed by atoms with Crippen LogP contribution in [0.4, 0.5) is 11.4 Å². The van der Waals surface area contributed by atoms with E-state index >= 15 is 0 Å². The summed E-state index contributed by atoms with van der Waals surface area (Å²) in [7, 11) is 5.67. The molecule has 1 aromatic rings. The van der Waals surface area contributed by atoms with E-state index in [1.54, 1.807) is 11.0 Å². The third-order valence-electron chi connectivity index (χ3n) is 3.83. The van der Waals surface area contributed by atoms with Gasteiger partial charge in [0.15, 0.2) is 0 Å². The van der Waals surface area contributed by atoms with Crippen LogP contribution < -0.4 is 10.6 Å². The Balaban J connectivity index is 2.12. The van der Waals surface area contributed by atoms with Gasteiger partial charge in [-0.1, -0.05) is 0 Å². The summed E-state index contributed by atoms with van der Waals surface area (Å²) in [6.07, 6.45) is 3.47. The molecular weight excluding hydrogens is 266 g/mol. The molecule has 0 spiro atoms. The average Bonchev–Trinajstić information content (AvgIpc) is 2.47. The van der Waals surface area contributed by atoms with E-state index in [2.05, 4.69) is 0 Å². The number of rotatable bonds is 4. The molecule has 1 fully saturated rings. The fourth-order valence-corrected chi connectivity index (χ4v) is 2.66. The summed E-state index contributed by atoms with van der Waals surface area (Å²) < 4.78 is 5.71. The fourth-order valence-electron chi connectivity index (χ4n) is 2.66. The molecule has 2 rings (SSSR count). The second-order valence-electron chi connectivity index (χ2n) is 5.85. The van der Waals surface area contributed by atoms with Crippen molar-refractivity contribution in [2.75, 3.05) is 44.9 Å². The van der Waals surface area contributed by atoms with Gasteiger partial charge in [-0.15, -0.1) is 0 Å². The van der Waals surface area contributed by atoms with Crippen LogP contribution in [-0.2, 0) is 4.74 Å². The van der Waals surface area contributed by atoms with Gasteiger partial charge in [0.25, 0.3) is 5.91 Å². The van der Waals surface area contributed by atoms with Crippen molar-refractivity contribution in [2.24, 2.45) is 0 Å². The van der Waals surface area contributed by atoms with Crippen molar-refractivity contribution < 1.29 is 9.53 Å². The van der Waals surface area contributed by atoms with E-state index < -0.39 is 0 Å². The molecule has 1 atom stereocenters. The molecule has 116 valence electrons. The summed E-state index contributed by atoms with van der Waals surface area (Å²) in [5.41, 5.74) is 7.96. The van der Waals surface area contributed by atoms with Gasteiger partial charge in [0.05, 0.1) is 11.7 Å². The number of nitrogen functional groups attached to an aromatic ring is 1. The highest BCUT2D eigenvalue weighted by atomic mass is 16.5. The van der Waals surface area contributed by atoms with Gasteiger partial charge in [0.2, 0.25) is 0 Å². The monoisotopic (exact) mass is 291 g/mol. The van der Waals surface area contributed by atoms with Gasteiger partial charge in [-0.25, -0.2) is 0 Å². The Morgan fingerprint density at radius 3 is 2.71 bits per heavy atom. The fraction of sp³-hybridized carbons (Fsp3) is 0.562. The highest BCUT2D eigenvalue weighted by molar-refractivity contribution is 6.00. The van der Waals surface area contributed by atoms with Crippen molar-refractivity contribution in [2.45, 2.75) is 25.4 Å². The quantitative estimate of drug-likeness (QED) is 0.862. The smallest absolute Gasteiger partial charge is 0.255 e. The van der Waals surface area contributed by atoms with Gasteiger partial charge in [-0.2, -0.15) is 0 Å². The minimum atomic E-state index is -0.0137. The number of hydrogen-bond acceptors (Lipinski definition) is 4. The van der Waals surface area contributed by atoms with Crippen molar-refractivity contribution in [1.29, 1.82) is 0 Å². The highest BCUT2D eigenvalue weighted by Gasteiger charge is 2.22. The minimum Gasteiger partial charge on any atom is -0.399 e. The minimum absolute atomic E-state index is 0.0137. The van der Waals surface area contributed by atoms with E-state index in [0.29, 0.717) is 17.8 Å². The zero-order valence-corrected chi connectivity index (χ0v) is 13.1. The number of benzene rings is 1. The largest absolute Gasteiger partial charge is 0.399 e. The molecule has 1 aromatic carbocycles. The third-order valence-corrected chi connectivity index (χ3v) is 3.83. The lowest BCUT2D eigenvalue weighted by molar-refractivity contribution is -0.000173. The van der Waals surface area contributed by atoms with Gasteiger partial charge in [-0.05, 0) is 37.5 Å². The van der Waals surface area contributed by atoms with Crippen LogP contribution in [0.15, 0.2) is 18.2 Å². The van der Waals surface area contributed by atoms with Crippen LogP contribution in [0.3, 0.4) is 0 Å². The van der Waals surface area contributed by atoms with E-state index in [-0.39, 0.29) is 12.0 Å². The molecule has 21 heavy (non-hydrogen) atoms. The summed E-state index contributed by atoms with van der Waals surface area (Å²) in [5, 5.41) is 0. The normalized spacial score (nSPS) is 18.3. The predicted molar refractivity (Wildman–Crippen MR) is 85.7 cm³/mol. The molecule has 0 aliphatic carbocycles. The maximum Gasteiger partial charge on any atom is 0.255 e. The second-order valence-corrected chi connectivity index (χ2v) is 5.85. The summed E-state index contributed by atoms with van der Waals surface area (Å²) in [6.45, 7) is 1.43. The molecule has 0 aromatic heterocycles. The number of anilines is 2. The van der Waals surface area contributed by atoms with Crippen LogP contribution in [0.5, 0.6) is 0 Å². The topological polar surface area (TPSA) is 58.8 Å². The Kier molecular flexibility index (Phi) is 5.07. The zero-order chi connectivity index (χ0) is 15.4. The van der Waals surface area contributed by atoms with Gasteiger partial charge in [-0.3, -0.25) is 4.79 Å². The number of hydrogen-bond donors (Lipinski definition) is 1. The van der Waals surface area contributed by atoms with E-state index in [1.807, 2.05) is 38.2 Å². The van der Waals surface area contributed by atoms with Gasteiger partial charge < -0.3 is 20.3 Å². The van der Waals surface area contributed by atoms with Crippen molar-refractivity contribution in [3.8, 4) is 0 Å². The number of carbonyl (C=O) groups excluding carboxylic acids is 1. The lowest BCUT2D eigenvalue weighted by atomic mass is 10.1. The molecule has 2 N–H and O–H groups in total. The van der Waals surface area contributed by atoms with Gasteiger partial charge in [0, 0.05) is 45.7 Å². The zero-order valence-electron chi connectivity index (χ0n) is 13.1. The number of amides is 1. The number of likely N-dealkylation sites (N-methyl/N-ethyl adjacent to an activating group) is 1. The Morgan fingerprint density at radius 2 is 2.10 bits per heavy atom. The molecule has 1 aliphatic rings. The first kappa shape index (κ1) is 15.6. The summed E-state index contributed by atoms with van der Waals surface area (Å²) in [6, 6.07) is 5.44. The number of nitrogens with two attached hydrogens (primary N) is 1. The molecule has 5 nitrogen and oxygen atoms in total. The van der Waals surface area contributed by atoms with Crippen LogP contribution in [0.2, 0.25) is 0 Å². The van der Waals surface area contributed by atoms with E-state index in [1.165, 1.54) is 6.42 Å². The third kappa shape index (κ3) is 3.88. The summed E-state index contributed by atoms with van der Waals surface area (Å²) in [5.74, 6) is -0.0137. The number of nitrogens with zero attached hydrogens (tertiary/aromatic N) is 2. The lowest BCUT2D eigenvalue weighted by Crippen LogP contribution is -2.37. The Bertz CT molecular complexity index is 496. The SMILES string of the molecule is CN(CC1CCCCO1)C(=O)c1cc(N)ccc1N(C)C. The van der Waals surface area contributed by atoms with E-state index in [0.717, 1.165) is 25.1 Å². The highest BCUT2D eigenvalue weighted by Crippen LogP contribution is 2.23. The molecule has 0 bridgehead atoms. The molecule has 0 saturated carbocycles. The van der Waals surface area contributed by atoms with Crippen molar-refractivity contribution in [1.82, 2.24) is 4.90 Å². The molecular formula is C16H25N3O2. The Hall–Kier alpha value is -1.75. The first-order valence-corrected chi connectivity index (χ1v) is 7.43. The second kappa shape index (κ2) is 6.80. The van der Waals surface area contributed by atoms with Crippen LogP contribution in [0, 0.1) is 0 Å².